The normalized spacial score (nSPS) is 13.8. The summed E-state index contributed by atoms with van der Waals surface area (Å²) < 4.78 is 0. The van der Waals surface area contributed by atoms with Crippen LogP contribution in [0.25, 0.3) is 0 Å². The van der Waals surface area contributed by atoms with Crippen LogP contribution in [0.1, 0.15) is 24.0 Å². The third kappa shape index (κ3) is 10.7. The lowest BCUT2D eigenvalue weighted by atomic mass is 10.0. The molecular weight excluding hydrogens is 526 g/mol. The predicted octanol–water partition coefficient (Wildman–Crippen LogP) is -0.761. The number of nitrogens with one attached hydrogen (secondary N) is 3. The van der Waals surface area contributed by atoms with Gasteiger partial charge in [-0.3, -0.25) is 19.2 Å². The molecule has 12 nitrogen and oxygen atoms in total. The zero-order valence-electron chi connectivity index (χ0n) is 21.1. The van der Waals surface area contributed by atoms with E-state index in [1.807, 2.05) is 18.2 Å². The van der Waals surface area contributed by atoms with Gasteiger partial charge in [-0.25, -0.2) is 4.79 Å². The van der Waals surface area contributed by atoms with E-state index >= 15 is 0 Å². The number of hydrogen-bond donors (Lipinski definition) is 8. The topological polar surface area (TPSA) is 214 Å². The molecule has 2 rings (SSSR count). The first-order valence-corrected chi connectivity index (χ1v) is 12.7. The summed E-state index contributed by atoms with van der Waals surface area (Å²) in [5.74, 6) is -4.43. The van der Waals surface area contributed by atoms with E-state index in [4.69, 9.17) is 11.5 Å². The number of carboxylic acid groups (broad SMARTS) is 1. The number of carbonyl (C=O) groups is 5. The maximum absolute atomic E-state index is 13.0. The van der Waals surface area contributed by atoms with Gasteiger partial charge in [0.1, 0.15) is 23.9 Å². The Bertz CT molecular complexity index is 1150. The van der Waals surface area contributed by atoms with Gasteiger partial charge in [0, 0.05) is 18.6 Å². The molecular formula is C26H33N5O7S. The van der Waals surface area contributed by atoms with Gasteiger partial charge in [0.15, 0.2) is 0 Å². The zero-order valence-corrected chi connectivity index (χ0v) is 22.0. The van der Waals surface area contributed by atoms with Gasteiger partial charge >= 0.3 is 5.97 Å². The number of hydrogen-bond acceptors (Lipinski definition) is 8. The smallest absolute Gasteiger partial charge is 0.326 e. The van der Waals surface area contributed by atoms with Crippen molar-refractivity contribution in [3.05, 3.63) is 65.7 Å². The zero-order chi connectivity index (χ0) is 28.9. The third-order valence-corrected chi connectivity index (χ3v) is 6.12. The number of thiol groups is 1. The van der Waals surface area contributed by atoms with E-state index in [-0.39, 0.29) is 37.2 Å². The molecule has 0 saturated heterocycles. The number of amides is 4. The first kappa shape index (κ1) is 31.1. The van der Waals surface area contributed by atoms with E-state index in [0.29, 0.717) is 5.56 Å². The SMILES string of the molecule is NC(=O)CCC(NC(=O)C(CS)NC(=O)C(N)Cc1ccccc1)C(=O)NC(Cc1ccc(O)cc1)C(=O)O. The summed E-state index contributed by atoms with van der Waals surface area (Å²) in [6.07, 6.45) is -0.353. The summed E-state index contributed by atoms with van der Waals surface area (Å²) in [5.41, 5.74) is 12.5. The molecule has 0 spiro atoms. The summed E-state index contributed by atoms with van der Waals surface area (Å²) in [4.78, 5) is 61.7. The van der Waals surface area contributed by atoms with E-state index < -0.39 is 53.8 Å². The fraction of sp³-hybridized carbons (Fsp3) is 0.346. The van der Waals surface area contributed by atoms with E-state index in [0.717, 1.165) is 5.56 Å². The molecule has 4 atom stereocenters. The molecule has 4 unspecified atom stereocenters. The van der Waals surface area contributed by atoms with Gasteiger partial charge in [-0.1, -0.05) is 42.5 Å². The molecule has 0 aliphatic rings. The molecule has 0 heterocycles. The Kier molecular flexibility index (Phi) is 12.2. The van der Waals surface area contributed by atoms with Gasteiger partial charge in [-0.15, -0.1) is 0 Å². The molecule has 0 radical (unpaired) electrons. The van der Waals surface area contributed by atoms with Crippen molar-refractivity contribution >= 4 is 42.2 Å². The van der Waals surface area contributed by atoms with Crippen LogP contribution in [0.2, 0.25) is 0 Å². The maximum atomic E-state index is 13.0. The van der Waals surface area contributed by atoms with Gasteiger partial charge in [0.2, 0.25) is 23.6 Å². The molecule has 2 aromatic carbocycles. The molecule has 210 valence electrons. The molecule has 0 bridgehead atoms. The molecule has 9 N–H and O–H groups in total. The monoisotopic (exact) mass is 559 g/mol. The number of phenolic OH excluding ortho intramolecular Hbond substituents is 1. The molecule has 0 aromatic heterocycles. The van der Waals surface area contributed by atoms with E-state index in [2.05, 4.69) is 28.6 Å². The molecule has 2 aromatic rings. The van der Waals surface area contributed by atoms with Crippen LogP contribution in [-0.2, 0) is 36.8 Å². The van der Waals surface area contributed by atoms with Crippen molar-refractivity contribution in [2.75, 3.05) is 5.75 Å². The van der Waals surface area contributed by atoms with E-state index in [9.17, 15) is 34.2 Å². The van der Waals surface area contributed by atoms with Crippen molar-refractivity contribution in [3.63, 3.8) is 0 Å². The standard InChI is InChI=1S/C26H33N5O7S/c27-18(12-15-4-2-1-3-5-15)23(34)31-21(14-39)25(36)29-19(10-11-22(28)33)24(35)30-20(26(37)38)13-16-6-8-17(32)9-7-16/h1-9,18-21,32,39H,10-14,27H2,(H2,28,33)(H,29,36)(H,30,35)(H,31,34)(H,37,38). The number of phenols is 1. The number of rotatable bonds is 15. The second-order valence-electron chi connectivity index (χ2n) is 8.88. The van der Waals surface area contributed by atoms with Crippen molar-refractivity contribution in [1.82, 2.24) is 16.0 Å². The lowest BCUT2D eigenvalue weighted by Crippen LogP contribution is -2.58. The number of aliphatic carboxylic acids is 1. The van der Waals surface area contributed by atoms with Crippen molar-refractivity contribution in [3.8, 4) is 5.75 Å². The van der Waals surface area contributed by atoms with Gasteiger partial charge in [-0.2, -0.15) is 12.6 Å². The minimum absolute atomic E-state index is 0.00394. The minimum Gasteiger partial charge on any atom is -0.508 e. The molecule has 0 fully saturated rings. The molecule has 0 aliphatic carbocycles. The Balaban J connectivity index is 2.07. The van der Waals surface area contributed by atoms with E-state index in [1.54, 1.807) is 12.1 Å². The van der Waals surface area contributed by atoms with Gasteiger partial charge in [0.25, 0.3) is 0 Å². The lowest BCUT2D eigenvalue weighted by molar-refractivity contribution is -0.142. The highest BCUT2D eigenvalue weighted by Crippen LogP contribution is 2.12. The third-order valence-electron chi connectivity index (χ3n) is 5.75. The molecule has 13 heteroatoms. The summed E-state index contributed by atoms with van der Waals surface area (Å²) in [6.45, 7) is 0. The highest BCUT2D eigenvalue weighted by Gasteiger charge is 2.30. The van der Waals surface area contributed by atoms with Crippen molar-refractivity contribution in [2.45, 2.75) is 49.9 Å². The van der Waals surface area contributed by atoms with Crippen LogP contribution < -0.4 is 27.4 Å². The largest absolute Gasteiger partial charge is 0.508 e. The molecule has 39 heavy (non-hydrogen) atoms. The number of benzene rings is 2. The summed E-state index contributed by atoms with van der Waals surface area (Å²) in [5, 5.41) is 26.3. The first-order valence-electron chi connectivity index (χ1n) is 12.1. The van der Waals surface area contributed by atoms with Crippen LogP contribution in [0.5, 0.6) is 5.75 Å². The fourth-order valence-electron chi connectivity index (χ4n) is 3.60. The summed E-state index contributed by atoms with van der Waals surface area (Å²) in [6, 6.07) is 10.0. The average Bonchev–Trinajstić information content (AvgIpc) is 2.90. The Morgan fingerprint density at radius 2 is 1.31 bits per heavy atom. The van der Waals surface area contributed by atoms with Crippen LogP contribution >= 0.6 is 12.6 Å². The quantitative estimate of drug-likeness (QED) is 0.130. The van der Waals surface area contributed by atoms with Crippen molar-refractivity contribution in [2.24, 2.45) is 11.5 Å². The molecule has 0 saturated carbocycles. The van der Waals surface area contributed by atoms with Crippen LogP contribution in [-0.4, -0.2) is 69.7 Å². The molecule has 4 amide bonds. The van der Waals surface area contributed by atoms with Crippen molar-refractivity contribution in [1.29, 1.82) is 0 Å². The number of carboxylic acids is 1. The summed E-state index contributed by atoms with van der Waals surface area (Å²) in [7, 11) is 0. The fourth-order valence-corrected chi connectivity index (χ4v) is 3.86. The van der Waals surface area contributed by atoms with Crippen LogP contribution in [0.15, 0.2) is 54.6 Å². The average molecular weight is 560 g/mol. The maximum Gasteiger partial charge on any atom is 0.326 e. The lowest BCUT2D eigenvalue weighted by Gasteiger charge is -2.24. The Labute approximate surface area is 230 Å². The van der Waals surface area contributed by atoms with Crippen LogP contribution in [0.3, 0.4) is 0 Å². The second-order valence-corrected chi connectivity index (χ2v) is 9.24. The number of primary amides is 1. The Morgan fingerprint density at radius 3 is 1.87 bits per heavy atom. The summed E-state index contributed by atoms with van der Waals surface area (Å²) >= 11 is 4.11. The van der Waals surface area contributed by atoms with E-state index in [1.165, 1.54) is 24.3 Å². The Morgan fingerprint density at radius 1 is 0.769 bits per heavy atom. The highest BCUT2D eigenvalue weighted by molar-refractivity contribution is 7.80. The number of aromatic hydroxyl groups is 1. The number of nitrogens with two attached hydrogens (primary N) is 2. The molecule has 0 aliphatic heterocycles. The van der Waals surface area contributed by atoms with Gasteiger partial charge in [0.05, 0.1) is 6.04 Å². The van der Waals surface area contributed by atoms with Crippen molar-refractivity contribution < 1.29 is 34.2 Å². The highest BCUT2D eigenvalue weighted by atomic mass is 32.1. The second kappa shape index (κ2) is 15.3. The Hall–Kier alpha value is -4.10. The van der Waals surface area contributed by atoms with Crippen LogP contribution in [0.4, 0.5) is 0 Å². The minimum atomic E-state index is -1.37. The first-order chi connectivity index (χ1) is 18.5. The van der Waals surface area contributed by atoms with Gasteiger partial charge < -0.3 is 37.6 Å². The van der Waals surface area contributed by atoms with Crippen LogP contribution in [0, 0.1) is 0 Å². The predicted molar refractivity (Wildman–Crippen MR) is 146 cm³/mol. The number of carbonyl (C=O) groups excluding carboxylic acids is 4. The van der Waals surface area contributed by atoms with Gasteiger partial charge in [-0.05, 0) is 36.1 Å².